The molecule has 112 valence electrons. The number of rotatable bonds is 6. The number of aromatic nitrogens is 2. The van der Waals surface area contributed by atoms with Crippen molar-refractivity contribution in [2.24, 2.45) is 0 Å². The van der Waals surface area contributed by atoms with Gasteiger partial charge in [-0.3, -0.25) is 0 Å². The highest BCUT2D eigenvalue weighted by Crippen LogP contribution is 2.48. The van der Waals surface area contributed by atoms with Gasteiger partial charge in [-0.05, 0) is 30.5 Å². The van der Waals surface area contributed by atoms with E-state index in [2.05, 4.69) is 51.4 Å². The van der Waals surface area contributed by atoms with Crippen LogP contribution in [0.4, 0.5) is 0 Å². The second-order valence-corrected chi connectivity index (χ2v) is 8.41. The highest BCUT2D eigenvalue weighted by molar-refractivity contribution is 8.21. The molecule has 2 heterocycles. The van der Waals surface area contributed by atoms with Crippen molar-refractivity contribution in [3.05, 3.63) is 48.5 Å². The molecule has 0 aliphatic carbocycles. The van der Waals surface area contributed by atoms with Crippen LogP contribution in [-0.4, -0.2) is 32.2 Å². The normalized spacial score (nSPS) is 17.0. The number of benzene rings is 1. The Morgan fingerprint density at radius 3 is 2.62 bits per heavy atom. The van der Waals surface area contributed by atoms with Crippen molar-refractivity contribution in [2.45, 2.75) is 23.5 Å². The van der Waals surface area contributed by atoms with E-state index in [9.17, 15) is 0 Å². The van der Waals surface area contributed by atoms with E-state index in [1.54, 1.807) is 7.11 Å². The molecule has 21 heavy (non-hydrogen) atoms. The largest absolute Gasteiger partial charge is 0.497 e. The average molecular weight is 320 g/mol. The Balaban J connectivity index is 1.64. The summed E-state index contributed by atoms with van der Waals surface area (Å²) < 4.78 is 7.72. The highest BCUT2D eigenvalue weighted by Gasteiger charge is 2.35. The van der Waals surface area contributed by atoms with Gasteiger partial charge in [0.2, 0.25) is 0 Å². The van der Waals surface area contributed by atoms with Crippen LogP contribution in [-0.2, 0) is 13.0 Å². The zero-order valence-electron chi connectivity index (χ0n) is 12.2. The number of nitrogens with zero attached hydrogens (tertiary/aromatic N) is 2. The van der Waals surface area contributed by atoms with Crippen LogP contribution in [0.2, 0.25) is 0 Å². The SMILES string of the molecule is COc1ccc(CCC2(Cn3ccnc3)SCCS2)cc1. The van der Waals surface area contributed by atoms with Crippen LogP contribution in [0.3, 0.4) is 0 Å². The van der Waals surface area contributed by atoms with Gasteiger partial charge in [0.1, 0.15) is 5.75 Å². The van der Waals surface area contributed by atoms with Crippen LogP contribution in [0.1, 0.15) is 12.0 Å². The summed E-state index contributed by atoms with van der Waals surface area (Å²) in [5, 5.41) is 0. The molecular weight excluding hydrogens is 300 g/mol. The van der Waals surface area contributed by atoms with Crippen molar-refractivity contribution >= 4 is 23.5 Å². The summed E-state index contributed by atoms with van der Waals surface area (Å²) in [6.07, 6.45) is 8.15. The van der Waals surface area contributed by atoms with Gasteiger partial charge in [0.05, 0.1) is 17.5 Å². The van der Waals surface area contributed by atoms with E-state index in [1.807, 2.05) is 24.7 Å². The maximum absolute atomic E-state index is 5.22. The Bertz CT molecular complexity index is 548. The molecule has 0 saturated carbocycles. The monoisotopic (exact) mass is 320 g/mol. The molecule has 0 N–H and O–H groups in total. The molecular formula is C16H20N2OS2. The number of hydrogen-bond donors (Lipinski definition) is 0. The van der Waals surface area contributed by atoms with Gasteiger partial charge in [-0.25, -0.2) is 4.98 Å². The van der Waals surface area contributed by atoms with Crippen LogP contribution >= 0.6 is 23.5 Å². The zero-order chi connectivity index (χ0) is 14.5. The third-order valence-electron chi connectivity index (χ3n) is 3.75. The van der Waals surface area contributed by atoms with E-state index in [4.69, 9.17) is 4.74 Å². The number of thioether (sulfide) groups is 2. The Hall–Kier alpha value is -1.07. The lowest BCUT2D eigenvalue weighted by atomic mass is 10.1. The lowest BCUT2D eigenvalue weighted by Crippen LogP contribution is -2.25. The quantitative estimate of drug-likeness (QED) is 0.811. The maximum atomic E-state index is 5.22. The Morgan fingerprint density at radius 2 is 2.00 bits per heavy atom. The second-order valence-electron chi connectivity index (χ2n) is 5.19. The molecule has 1 aromatic carbocycles. The summed E-state index contributed by atoms with van der Waals surface area (Å²) in [6, 6.07) is 8.45. The fourth-order valence-corrected chi connectivity index (χ4v) is 5.81. The molecule has 0 radical (unpaired) electrons. The van der Waals surface area contributed by atoms with E-state index < -0.39 is 0 Å². The molecule has 1 aromatic heterocycles. The first-order chi connectivity index (χ1) is 10.3. The lowest BCUT2D eigenvalue weighted by Gasteiger charge is -2.27. The van der Waals surface area contributed by atoms with Crippen LogP contribution < -0.4 is 4.74 Å². The molecule has 1 aliphatic heterocycles. The van der Waals surface area contributed by atoms with Gasteiger partial charge in [-0.1, -0.05) is 12.1 Å². The smallest absolute Gasteiger partial charge is 0.118 e. The molecule has 5 heteroatoms. The molecule has 1 aliphatic rings. The molecule has 0 spiro atoms. The van der Waals surface area contributed by atoms with Crippen molar-refractivity contribution in [3.8, 4) is 5.75 Å². The first kappa shape index (κ1) is 14.9. The van der Waals surface area contributed by atoms with Gasteiger partial charge in [0.25, 0.3) is 0 Å². The molecule has 0 unspecified atom stereocenters. The van der Waals surface area contributed by atoms with Crippen molar-refractivity contribution in [1.29, 1.82) is 0 Å². The van der Waals surface area contributed by atoms with Gasteiger partial charge in [0, 0.05) is 30.4 Å². The second kappa shape index (κ2) is 6.79. The van der Waals surface area contributed by atoms with E-state index in [0.29, 0.717) is 4.08 Å². The van der Waals surface area contributed by atoms with Gasteiger partial charge >= 0.3 is 0 Å². The van der Waals surface area contributed by atoms with Gasteiger partial charge < -0.3 is 9.30 Å². The van der Waals surface area contributed by atoms with Gasteiger partial charge in [0.15, 0.2) is 0 Å². The summed E-state index contributed by atoms with van der Waals surface area (Å²) in [5.41, 5.74) is 1.38. The standard InChI is InChI=1S/C16H20N2OS2/c1-19-15-4-2-14(3-5-15)6-7-16(20-10-11-21-16)12-18-9-8-17-13-18/h2-5,8-9,13H,6-7,10-12H2,1H3. The van der Waals surface area contributed by atoms with Crippen molar-refractivity contribution in [2.75, 3.05) is 18.6 Å². The predicted octanol–water partition coefficient (Wildman–Crippen LogP) is 3.70. The molecule has 1 saturated heterocycles. The molecule has 0 bridgehead atoms. The van der Waals surface area contributed by atoms with Crippen LogP contribution in [0.5, 0.6) is 5.75 Å². The fraction of sp³-hybridized carbons (Fsp3) is 0.438. The Labute approximate surface area is 134 Å². The third kappa shape index (κ3) is 3.77. The number of hydrogen-bond acceptors (Lipinski definition) is 4. The van der Waals surface area contributed by atoms with E-state index in [0.717, 1.165) is 18.7 Å². The fourth-order valence-electron chi connectivity index (χ4n) is 2.60. The maximum Gasteiger partial charge on any atom is 0.118 e. The average Bonchev–Trinajstić information content (AvgIpc) is 3.19. The minimum Gasteiger partial charge on any atom is -0.497 e. The van der Waals surface area contributed by atoms with E-state index in [1.165, 1.54) is 23.5 Å². The number of imidazole rings is 1. The summed E-state index contributed by atoms with van der Waals surface area (Å²) >= 11 is 4.21. The molecule has 3 nitrogen and oxygen atoms in total. The Kier molecular flexibility index (Phi) is 4.80. The summed E-state index contributed by atoms with van der Waals surface area (Å²) in [6.45, 7) is 1.04. The predicted molar refractivity (Wildman–Crippen MR) is 91.2 cm³/mol. The molecule has 1 fully saturated rings. The third-order valence-corrected chi connectivity index (χ3v) is 7.25. The number of methoxy groups -OCH3 is 1. The summed E-state index contributed by atoms with van der Waals surface area (Å²) in [4.78, 5) is 4.16. The van der Waals surface area contributed by atoms with Gasteiger partial charge in [-0.2, -0.15) is 0 Å². The molecule has 2 aromatic rings. The minimum absolute atomic E-state index is 0.292. The molecule has 3 rings (SSSR count). The van der Waals surface area contributed by atoms with Crippen molar-refractivity contribution < 1.29 is 4.74 Å². The summed E-state index contributed by atoms with van der Waals surface area (Å²) in [5.74, 6) is 3.43. The highest BCUT2D eigenvalue weighted by atomic mass is 32.2. The van der Waals surface area contributed by atoms with Gasteiger partial charge in [-0.15, -0.1) is 23.5 Å². The molecule has 0 amide bonds. The van der Waals surface area contributed by atoms with E-state index >= 15 is 0 Å². The lowest BCUT2D eigenvalue weighted by molar-refractivity contribution is 0.414. The minimum atomic E-state index is 0.292. The number of aryl methyl sites for hydroxylation is 1. The van der Waals surface area contributed by atoms with Crippen LogP contribution in [0.25, 0.3) is 0 Å². The number of ether oxygens (including phenoxy) is 1. The molecule has 0 atom stereocenters. The first-order valence-electron chi connectivity index (χ1n) is 7.16. The van der Waals surface area contributed by atoms with Crippen molar-refractivity contribution in [1.82, 2.24) is 9.55 Å². The Morgan fingerprint density at radius 1 is 1.24 bits per heavy atom. The van der Waals surface area contributed by atoms with Crippen LogP contribution in [0.15, 0.2) is 43.0 Å². The zero-order valence-corrected chi connectivity index (χ0v) is 13.8. The van der Waals surface area contributed by atoms with E-state index in [-0.39, 0.29) is 0 Å². The summed E-state index contributed by atoms with van der Waals surface area (Å²) in [7, 11) is 1.71. The topological polar surface area (TPSA) is 27.1 Å². The van der Waals surface area contributed by atoms with Crippen molar-refractivity contribution in [3.63, 3.8) is 0 Å². The first-order valence-corrected chi connectivity index (χ1v) is 9.13. The van der Waals surface area contributed by atoms with Crippen LogP contribution in [0, 0.1) is 0 Å².